The molecule has 0 bridgehead atoms. The third-order valence-electron chi connectivity index (χ3n) is 3.11. The van der Waals surface area contributed by atoms with Gasteiger partial charge >= 0.3 is 6.09 Å². The standard InChI is InChI=1S/C13H27N3O2/c1-13(2,3)18-12(17)15-8-10-6-7-11(9-14-10)16(4)5/h10-11,14H,6-9H2,1-5H3,(H,15,17). The minimum atomic E-state index is -0.430. The predicted octanol–water partition coefficient (Wildman–Crippen LogP) is 1.19. The van der Waals surface area contributed by atoms with Crippen molar-refractivity contribution in [3.8, 4) is 0 Å². The molecule has 1 heterocycles. The maximum absolute atomic E-state index is 11.5. The Kier molecular flexibility index (Phi) is 5.41. The summed E-state index contributed by atoms with van der Waals surface area (Å²) in [6.45, 7) is 7.22. The van der Waals surface area contributed by atoms with Gasteiger partial charge in [-0.25, -0.2) is 4.79 Å². The zero-order valence-corrected chi connectivity index (χ0v) is 12.2. The van der Waals surface area contributed by atoms with Gasteiger partial charge in [-0.3, -0.25) is 0 Å². The molecule has 18 heavy (non-hydrogen) atoms. The van der Waals surface area contributed by atoms with Crippen LogP contribution in [0.25, 0.3) is 0 Å². The molecule has 2 unspecified atom stereocenters. The molecule has 1 fully saturated rings. The Morgan fingerprint density at radius 1 is 1.39 bits per heavy atom. The van der Waals surface area contributed by atoms with Crippen molar-refractivity contribution < 1.29 is 9.53 Å². The molecule has 0 aromatic carbocycles. The van der Waals surface area contributed by atoms with E-state index in [1.165, 1.54) is 6.42 Å². The minimum absolute atomic E-state index is 0.334. The zero-order chi connectivity index (χ0) is 13.8. The molecular weight excluding hydrogens is 230 g/mol. The summed E-state index contributed by atoms with van der Waals surface area (Å²) in [6, 6.07) is 0.955. The molecule has 1 saturated heterocycles. The van der Waals surface area contributed by atoms with Gasteiger partial charge in [-0.1, -0.05) is 0 Å². The number of piperidine rings is 1. The highest BCUT2D eigenvalue weighted by molar-refractivity contribution is 5.67. The fourth-order valence-corrected chi connectivity index (χ4v) is 2.04. The van der Waals surface area contributed by atoms with Crippen LogP contribution in [0.15, 0.2) is 0 Å². The van der Waals surface area contributed by atoms with E-state index in [9.17, 15) is 4.79 Å². The number of amides is 1. The number of hydrogen-bond donors (Lipinski definition) is 2. The van der Waals surface area contributed by atoms with Gasteiger partial charge in [0, 0.05) is 25.2 Å². The molecule has 0 aliphatic carbocycles. The molecule has 2 atom stereocenters. The Bertz CT molecular complexity index is 266. The number of carbonyl (C=O) groups excluding carboxylic acids is 1. The van der Waals surface area contributed by atoms with Crippen LogP contribution >= 0.6 is 0 Å². The summed E-state index contributed by atoms with van der Waals surface area (Å²) in [4.78, 5) is 13.7. The monoisotopic (exact) mass is 257 g/mol. The fourth-order valence-electron chi connectivity index (χ4n) is 2.04. The van der Waals surface area contributed by atoms with E-state index in [-0.39, 0.29) is 6.09 Å². The first-order chi connectivity index (χ1) is 8.28. The average Bonchev–Trinajstić information content (AvgIpc) is 2.24. The highest BCUT2D eigenvalue weighted by atomic mass is 16.6. The SMILES string of the molecule is CN(C)C1CCC(CNC(=O)OC(C)(C)C)NC1. The number of hydrogen-bond acceptors (Lipinski definition) is 4. The van der Waals surface area contributed by atoms with Crippen molar-refractivity contribution in [2.75, 3.05) is 27.2 Å². The van der Waals surface area contributed by atoms with Crippen LogP contribution in [0, 0.1) is 0 Å². The number of ether oxygens (including phenoxy) is 1. The third kappa shape index (κ3) is 5.69. The van der Waals surface area contributed by atoms with Crippen LogP contribution in [0.3, 0.4) is 0 Å². The van der Waals surface area contributed by atoms with Crippen molar-refractivity contribution in [3.63, 3.8) is 0 Å². The van der Waals surface area contributed by atoms with Crippen LogP contribution in [0.1, 0.15) is 33.6 Å². The number of nitrogens with zero attached hydrogens (tertiary/aromatic N) is 1. The lowest BCUT2D eigenvalue weighted by Crippen LogP contribution is -2.51. The van der Waals surface area contributed by atoms with Crippen molar-refractivity contribution in [1.29, 1.82) is 0 Å². The van der Waals surface area contributed by atoms with Crippen molar-refractivity contribution in [2.45, 2.75) is 51.3 Å². The topological polar surface area (TPSA) is 53.6 Å². The van der Waals surface area contributed by atoms with E-state index in [2.05, 4.69) is 29.6 Å². The van der Waals surface area contributed by atoms with E-state index in [4.69, 9.17) is 4.74 Å². The predicted molar refractivity (Wildman–Crippen MR) is 72.7 cm³/mol. The van der Waals surface area contributed by atoms with Gasteiger partial charge in [0.15, 0.2) is 0 Å². The summed E-state index contributed by atoms with van der Waals surface area (Å²) in [5, 5.41) is 6.27. The molecule has 0 aromatic heterocycles. The minimum Gasteiger partial charge on any atom is -0.444 e. The second-order valence-corrected chi connectivity index (χ2v) is 6.18. The maximum Gasteiger partial charge on any atom is 0.407 e. The molecule has 5 nitrogen and oxygen atoms in total. The Labute approximate surface area is 110 Å². The first-order valence-electron chi connectivity index (χ1n) is 6.64. The highest BCUT2D eigenvalue weighted by Crippen LogP contribution is 2.11. The highest BCUT2D eigenvalue weighted by Gasteiger charge is 2.23. The van der Waals surface area contributed by atoms with Crippen molar-refractivity contribution in [2.24, 2.45) is 0 Å². The van der Waals surface area contributed by atoms with E-state index in [0.717, 1.165) is 13.0 Å². The number of carbonyl (C=O) groups is 1. The quantitative estimate of drug-likeness (QED) is 0.797. The second kappa shape index (κ2) is 6.38. The van der Waals surface area contributed by atoms with Crippen LogP contribution in [-0.4, -0.2) is 55.9 Å². The van der Waals surface area contributed by atoms with Crippen molar-refractivity contribution in [3.05, 3.63) is 0 Å². The molecule has 0 radical (unpaired) electrons. The molecule has 106 valence electrons. The molecule has 1 rings (SSSR count). The summed E-state index contributed by atoms with van der Waals surface area (Å²) in [5.74, 6) is 0. The largest absolute Gasteiger partial charge is 0.444 e. The van der Waals surface area contributed by atoms with Gasteiger partial charge in [-0.2, -0.15) is 0 Å². The Balaban J connectivity index is 2.20. The molecule has 1 aliphatic heterocycles. The number of likely N-dealkylation sites (N-methyl/N-ethyl adjacent to an activating group) is 1. The molecule has 1 aliphatic rings. The van der Waals surface area contributed by atoms with E-state index >= 15 is 0 Å². The van der Waals surface area contributed by atoms with Crippen LogP contribution < -0.4 is 10.6 Å². The van der Waals surface area contributed by atoms with Gasteiger partial charge in [-0.15, -0.1) is 0 Å². The summed E-state index contributed by atoms with van der Waals surface area (Å²) >= 11 is 0. The van der Waals surface area contributed by atoms with Gasteiger partial charge in [0.1, 0.15) is 5.60 Å². The van der Waals surface area contributed by atoms with Gasteiger partial charge in [0.05, 0.1) is 0 Å². The molecule has 0 aromatic rings. The Hall–Kier alpha value is -0.810. The maximum atomic E-state index is 11.5. The van der Waals surface area contributed by atoms with Gasteiger partial charge in [-0.05, 0) is 47.7 Å². The molecule has 2 N–H and O–H groups in total. The smallest absolute Gasteiger partial charge is 0.407 e. The lowest BCUT2D eigenvalue weighted by molar-refractivity contribution is 0.0518. The first-order valence-corrected chi connectivity index (χ1v) is 6.64. The number of nitrogens with one attached hydrogen (secondary N) is 2. The first kappa shape index (κ1) is 15.2. The van der Waals surface area contributed by atoms with Crippen molar-refractivity contribution >= 4 is 6.09 Å². The summed E-state index contributed by atoms with van der Waals surface area (Å²) in [5.41, 5.74) is -0.430. The molecular formula is C13H27N3O2. The lowest BCUT2D eigenvalue weighted by Gasteiger charge is -2.33. The van der Waals surface area contributed by atoms with Gasteiger partial charge in [0.25, 0.3) is 0 Å². The summed E-state index contributed by atoms with van der Waals surface area (Å²) in [7, 11) is 4.21. The number of rotatable bonds is 3. The van der Waals surface area contributed by atoms with Gasteiger partial charge < -0.3 is 20.3 Å². The summed E-state index contributed by atoms with van der Waals surface area (Å²) < 4.78 is 5.20. The van der Waals surface area contributed by atoms with Gasteiger partial charge in [0.2, 0.25) is 0 Å². The summed E-state index contributed by atoms with van der Waals surface area (Å²) in [6.07, 6.45) is 1.92. The number of alkyl carbamates (subject to hydrolysis) is 1. The van der Waals surface area contributed by atoms with Crippen LogP contribution in [0.5, 0.6) is 0 Å². The van der Waals surface area contributed by atoms with Crippen LogP contribution in [-0.2, 0) is 4.74 Å². The molecule has 0 saturated carbocycles. The normalized spacial score (nSPS) is 25.0. The molecule has 0 spiro atoms. The van der Waals surface area contributed by atoms with Crippen LogP contribution in [0.4, 0.5) is 4.79 Å². The van der Waals surface area contributed by atoms with E-state index in [0.29, 0.717) is 18.6 Å². The Morgan fingerprint density at radius 2 is 2.06 bits per heavy atom. The molecule has 5 heteroatoms. The fraction of sp³-hybridized carbons (Fsp3) is 0.923. The van der Waals surface area contributed by atoms with E-state index < -0.39 is 5.60 Å². The third-order valence-corrected chi connectivity index (χ3v) is 3.11. The Morgan fingerprint density at radius 3 is 2.50 bits per heavy atom. The van der Waals surface area contributed by atoms with E-state index in [1.54, 1.807) is 0 Å². The lowest BCUT2D eigenvalue weighted by atomic mass is 10.00. The zero-order valence-electron chi connectivity index (χ0n) is 12.2. The molecule has 1 amide bonds. The van der Waals surface area contributed by atoms with Crippen molar-refractivity contribution in [1.82, 2.24) is 15.5 Å². The average molecular weight is 257 g/mol. The van der Waals surface area contributed by atoms with Crippen LogP contribution in [0.2, 0.25) is 0 Å². The van der Waals surface area contributed by atoms with E-state index in [1.807, 2.05) is 20.8 Å². The second-order valence-electron chi connectivity index (χ2n) is 6.18.